The second-order valence-electron chi connectivity index (χ2n) is 8.05. The Kier molecular flexibility index (Phi) is 10.3. The minimum atomic E-state index is 0.752. The zero-order valence-corrected chi connectivity index (χ0v) is 17.4. The van der Waals surface area contributed by atoms with Crippen molar-refractivity contribution in [3.05, 3.63) is 41.4 Å². The SMILES string of the molecule is CCCCCCC(CCCC)COC[C](C)N1CCc2ccccc2C1. The van der Waals surface area contributed by atoms with Gasteiger partial charge in [-0.1, -0.05) is 76.6 Å². The number of benzene rings is 1. The monoisotopic (exact) mass is 358 g/mol. The highest BCUT2D eigenvalue weighted by atomic mass is 16.5. The van der Waals surface area contributed by atoms with Gasteiger partial charge < -0.3 is 4.74 Å². The third-order valence-electron chi connectivity index (χ3n) is 5.77. The van der Waals surface area contributed by atoms with E-state index < -0.39 is 0 Å². The van der Waals surface area contributed by atoms with E-state index in [4.69, 9.17) is 4.74 Å². The lowest BCUT2D eigenvalue weighted by molar-refractivity contribution is 0.0724. The van der Waals surface area contributed by atoms with Gasteiger partial charge in [0.2, 0.25) is 0 Å². The lowest BCUT2D eigenvalue weighted by Crippen LogP contribution is -2.35. The van der Waals surface area contributed by atoms with Crippen molar-refractivity contribution in [2.24, 2.45) is 5.92 Å². The molecular formula is C24H40NO. The maximum absolute atomic E-state index is 6.17. The first kappa shape index (κ1) is 21.4. The number of ether oxygens (including phenoxy) is 1. The predicted octanol–water partition coefficient (Wildman–Crippen LogP) is 6.39. The Hall–Kier alpha value is -0.860. The van der Waals surface area contributed by atoms with E-state index >= 15 is 0 Å². The third kappa shape index (κ3) is 7.40. The highest BCUT2D eigenvalue weighted by Crippen LogP contribution is 2.23. The van der Waals surface area contributed by atoms with Crippen molar-refractivity contribution in [3.63, 3.8) is 0 Å². The van der Waals surface area contributed by atoms with Crippen molar-refractivity contribution < 1.29 is 4.74 Å². The number of nitrogens with zero attached hydrogens (tertiary/aromatic N) is 1. The molecule has 1 unspecified atom stereocenters. The maximum atomic E-state index is 6.17. The van der Waals surface area contributed by atoms with Crippen LogP contribution in [-0.4, -0.2) is 24.7 Å². The predicted molar refractivity (Wildman–Crippen MR) is 112 cm³/mol. The molecule has 26 heavy (non-hydrogen) atoms. The summed E-state index contributed by atoms with van der Waals surface area (Å²) in [5.74, 6) is 0.752. The minimum Gasteiger partial charge on any atom is -0.379 e. The Morgan fingerprint density at radius 3 is 2.50 bits per heavy atom. The van der Waals surface area contributed by atoms with Crippen molar-refractivity contribution in [1.82, 2.24) is 4.90 Å². The van der Waals surface area contributed by atoms with E-state index in [0.29, 0.717) is 0 Å². The molecule has 0 bridgehead atoms. The van der Waals surface area contributed by atoms with Crippen molar-refractivity contribution in [2.75, 3.05) is 19.8 Å². The minimum absolute atomic E-state index is 0.752. The summed E-state index contributed by atoms with van der Waals surface area (Å²) < 4.78 is 6.17. The standard InChI is InChI=1S/C24H40NO/c1-4-6-8-9-13-22(12-7-5-2)20-26-19-21(3)25-17-16-23-14-10-11-15-24(23)18-25/h10-11,14-15,22H,4-9,12-13,16-20H2,1-3H3. The van der Waals surface area contributed by atoms with Crippen LogP contribution in [0.5, 0.6) is 0 Å². The van der Waals surface area contributed by atoms with Crippen LogP contribution in [0.2, 0.25) is 0 Å². The van der Waals surface area contributed by atoms with Crippen LogP contribution in [0, 0.1) is 12.0 Å². The van der Waals surface area contributed by atoms with E-state index in [1.165, 1.54) is 68.5 Å². The molecule has 1 aromatic rings. The Bertz CT molecular complexity index is 487. The lowest BCUT2D eigenvalue weighted by Gasteiger charge is -2.33. The van der Waals surface area contributed by atoms with Crippen LogP contribution in [0.25, 0.3) is 0 Å². The van der Waals surface area contributed by atoms with Crippen molar-refractivity contribution >= 4 is 0 Å². The molecule has 1 atom stereocenters. The molecule has 1 heterocycles. The van der Waals surface area contributed by atoms with Gasteiger partial charge in [0.15, 0.2) is 0 Å². The third-order valence-corrected chi connectivity index (χ3v) is 5.77. The van der Waals surface area contributed by atoms with E-state index in [1.54, 1.807) is 0 Å². The molecule has 0 saturated carbocycles. The van der Waals surface area contributed by atoms with Gasteiger partial charge in [-0.3, -0.25) is 4.90 Å². The van der Waals surface area contributed by atoms with Crippen LogP contribution in [0.4, 0.5) is 0 Å². The molecule has 1 aliphatic rings. The fourth-order valence-electron chi connectivity index (χ4n) is 3.95. The second-order valence-corrected chi connectivity index (χ2v) is 8.05. The Morgan fingerprint density at radius 2 is 1.73 bits per heavy atom. The van der Waals surface area contributed by atoms with Gasteiger partial charge in [-0.05, 0) is 43.2 Å². The first-order valence-corrected chi connectivity index (χ1v) is 11.0. The van der Waals surface area contributed by atoms with Crippen LogP contribution in [0.1, 0.15) is 83.3 Å². The first-order chi connectivity index (χ1) is 12.7. The largest absolute Gasteiger partial charge is 0.379 e. The molecule has 2 heteroatoms. The fraction of sp³-hybridized carbons (Fsp3) is 0.708. The molecule has 147 valence electrons. The molecule has 0 N–H and O–H groups in total. The van der Waals surface area contributed by atoms with Gasteiger partial charge >= 0.3 is 0 Å². The Morgan fingerprint density at radius 1 is 1.00 bits per heavy atom. The molecular weight excluding hydrogens is 318 g/mol. The first-order valence-electron chi connectivity index (χ1n) is 11.0. The van der Waals surface area contributed by atoms with E-state index in [-0.39, 0.29) is 0 Å². The second kappa shape index (κ2) is 12.5. The van der Waals surface area contributed by atoms with Gasteiger partial charge in [0.25, 0.3) is 0 Å². The van der Waals surface area contributed by atoms with Gasteiger partial charge in [0.1, 0.15) is 0 Å². The molecule has 2 nitrogen and oxygen atoms in total. The quantitative estimate of drug-likeness (QED) is 0.379. The average Bonchev–Trinajstić information content (AvgIpc) is 2.68. The molecule has 0 spiro atoms. The summed E-state index contributed by atoms with van der Waals surface area (Å²) in [7, 11) is 0. The van der Waals surface area contributed by atoms with Gasteiger partial charge in [0.05, 0.1) is 12.6 Å². The summed E-state index contributed by atoms with van der Waals surface area (Å²) in [6, 6.07) is 10.2. The van der Waals surface area contributed by atoms with E-state index in [9.17, 15) is 0 Å². The summed E-state index contributed by atoms with van der Waals surface area (Å²) >= 11 is 0. The summed E-state index contributed by atoms with van der Waals surface area (Å²) in [5, 5.41) is 0. The maximum Gasteiger partial charge on any atom is 0.0666 e. The number of fused-ring (bicyclic) bond motifs is 1. The fourth-order valence-corrected chi connectivity index (χ4v) is 3.95. The highest BCUT2D eigenvalue weighted by Gasteiger charge is 2.21. The van der Waals surface area contributed by atoms with Gasteiger partial charge in [0, 0.05) is 19.7 Å². The normalized spacial score (nSPS) is 16.0. The smallest absolute Gasteiger partial charge is 0.0666 e. The lowest BCUT2D eigenvalue weighted by atomic mass is 9.96. The van der Waals surface area contributed by atoms with Crippen molar-refractivity contribution in [2.45, 2.75) is 85.1 Å². The molecule has 0 amide bonds. The summed E-state index contributed by atoms with van der Waals surface area (Å²) in [4.78, 5) is 2.50. The zero-order valence-electron chi connectivity index (χ0n) is 17.4. The Labute approximate surface area is 162 Å². The summed E-state index contributed by atoms with van der Waals surface area (Å²) in [6.07, 6.45) is 11.9. The van der Waals surface area contributed by atoms with E-state index in [0.717, 1.165) is 38.6 Å². The number of rotatable bonds is 13. The topological polar surface area (TPSA) is 12.5 Å². The number of unbranched alkanes of at least 4 members (excludes halogenated alkanes) is 4. The van der Waals surface area contributed by atoms with Gasteiger partial charge in [-0.2, -0.15) is 0 Å². The zero-order chi connectivity index (χ0) is 18.6. The van der Waals surface area contributed by atoms with Crippen LogP contribution < -0.4 is 0 Å². The van der Waals surface area contributed by atoms with E-state index in [1.807, 2.05) is 0 Å². The molecule has 0 aliphatic carbocycles. The van der Waals surface area contributed by atoms with Gasteiger partial charge in [-0.25, -0.2) is 0 Å². The number of hydrogen-bond acceptors (Lipinski definition) is 2. The summed E-state index contributed by atoms with van der Waals surface area (Å²) in [6.45, 7) is 10.7. The molecule has 1 radical (unpaired) electrons. The van der Waals surface area contributed by atoms with Crippen LogP contribution in [-0.2, 0) is 17.7 Å². The molecule has 0 saturated heterocycles. The van der Waals surface area contributed by atoms with Gasteiger partial charge in [-0.15, -0.1) is 0 Å². The van der Waals surface area contributed by atoms with Crippen LogP contribution in [0.15, 0.2) is 24.3 Å². The molecule has 1 aromatic carbocycles. The number of hydrogen-bond donors (Lipinski definition) is 0. The summed E-state index contributed by atoms with van der Waals surface area (Å²) in [5.41, 5.74) is 3.00. The molecule has 1 aliphatic heterocycles. The molecule has 0 aromatic heterocycles. The average molecular weight is 359 g/mol. The van der Waals surface area contributed by atoms with Crippen molar-refractivity contribution in [3.8, 4) is 0 Å². The van der Waals surface area contributed by atoms with E-state index in [2.05, 4.69) is 49.9 Å². The molecule has 0 fully saturated rings. The Balaban J connectivity index is 1.70. The molecule has 2 rings (SSSR count). The van der Waals surface area contributed by atoms with Crippen LogP contribution in [0.3, 0.4) is 0 Å². The van der Waals surface area contributed by atoms with Crippen LogP contribution >= 0.6 is 0 Å². The van der Waals surface area contributed by atoms with Crippen molar-refractivity contribution in [1.29, 1.82) is 0 Å². The highest BCUT2D eigenvalue weighted by molar-refractivity contribution is 5.29.